The topological polar surface area (TPSA) is 105 Å². The summed E-state index contributed by atoms with van der Waals surface area (Å²) >= 11 is 0. The monoisotopic (exact) mass is 272 g/mol. The van der Waals surface area contributed by atoms with E-state index >= 15 is 0 Å². The number of methoxy groups -OCH3 is 1. The third-order valence-electron chi connectivity index (χ3n) is 2.56. The largest absolute Gasteiger partial charge is 0.478 e. The smallest absolute Gasteiger partial charge is 0.340 e. The van der Waals surface area contributed by atoms with Crippen molar-refractivity contribution in [2.24, 2.45) is 0 Å². The number of ether oxygens (including phenoxy) is 1. The number of carboxylic acids is 1. The summed E-state index contributed by atoms with van der Waals surface area (Å²) in [6, 6.07) is 2.40. The zero-order chi connectivity index (χ0) is 14.4. The molecule has 1 unspecified atom stereocenters. The first-order chi connectivity index (χ1) is 8.97. The fourth-order valence-corrected chi connectivity index (χ4v) is 1.62. The lowest BCUT2D eigenvalue weighted by Crippen LogP contribution is -2.19. The molecule has 0 saturated carbocycles. The molecule has 1 rings (SSSR count). The van der Waals surface area contributed by atoms with E-state index in [4.69, 9.17) is 15.6 Å². The van der Waals surface area contributed by atoms with Crippen LogP contribution in [-0.2, 0) is 4.74 Å². The molecule has 0 spiro atoms. The predicted molar refractivity (Wildman–Crippen MR) is 68.8 cm³/mol. The molecule has 0 aliphatic rings. The molecule has 0 amide bonds. The van der Waals surface area contributed by atoms with Gasteiger partial charge in [0.25, 0.3) is 0 Å². The first-order valence-corrected chi connectivity index (χ1v) is 5.69. The summed E-state index contributed by atoms with van der Waals surface area (Å²) in [5.41, 5.74) is 4.91. The molecule has 1 atom stereocenters. The Morgan fingerprint density at radius 1 is 1.58 bits per heavy atom. The Labute approximate surface area is 110 Å². The maximum Gasteiger partial charge on any atom is 0.340 e. The summed E-state index contributed by atoms with van der Waals surface area (Å²) in [6.45, 7) is 0.509. The Bertz CT molecular complexity index is 454. The normalized spacial score (nSPS) is 12.2. The Hall–Kier alpha value is -1.86. The minimum absolute atomic E-state index is 0.193. The molecule has 6 nitrogen and oxygen atoms in total. The fraction of sp³-hybridized carbons (Fsp3) is 0.417. The van der Waals surface area contributed by atoms with Crippen LogP contribution in [0, 0.1) is 5.82 Å². The van der Waals surface area contributed by atoms with Gasteiger partial charge in [0, 0.05) is 13.7 Å². The van der Waals surface area contributed by atoms with Crippen molar-refractivity contribution in [1.29, 1.82) is 0 Å². The quantitative estimate of drug-likeness (QED) is 0.550. The second-order valence-corrected chi connectivity index (χ2v) is 4.01. The molecule has 0 radical (unpaired) electrons. The predicted octanol–water partition coefficient (Wildman–Crippen LogP) is 0.915. The number of benzene rings is 1. The number of aromatic carboxylic acids is 1. The van der Waals surface area contributed by atoms with Gasteiger partial charge in [-0.05, 0) is 18.6 Å². The molecular weight excluding hydrogens is 255 g/mol. The zero-order valence-electron chi connectivity index (χ0n) is 10.5. The van der Waals surface area contributed by atoms with Crippen molar-refractivity contribution >= 4 is 17.3 Å². The lowest BCUT2D eigenvalue weighted by atomic mass is 10.1. The molecule has 7 heteroatoms. The molecule has 19 heavy (non-hydrogen) atoms. The van der Waals surface area contributed by atoms with Crippen molar-refractivity contribution in [3.8, 4) is 0 Å². The molecule has 0 heterocycles. The minimum Gasteiger partial charge on any atom is -0.478 e. The van der Waals surface area contributed by atoms with Gasteiger partial charge in [-0.2, -0.15) is 0 Å². The van der Waals surface area contributed by atoms with Crippen molar-refractivity contribution in [2.45, 2.75) is 12.5 Å². The van der Waals surface area contributed by atoms with E-state index in [1.165, 1.54) is 13.2 Å². The molecule has 1 aromatic rings. The van der Waals surface area contributed by atoms with E-state index in [1.54, 1.807) is 0 Å². The number of hydrogen-bond donors (Lipinski definition) is 4. The number of carbonyl (C=O) groups is 1. The highest BCUT2D eigenvalue weighted by Crippen LogP contribution is 2.25. The van der Waals surface area contributed by atoms with Gasteiger partial charge in [0.2, 0.25) is 0 Å². The summed E-state index contributed by atoms with van der Waals surface area (Å²) in [7, 11) is 1.47. The lowest BCUT2D eigenvalue weighted by Gasteiger charge is -2.14. The second-order valence-electron chi connectivity index (χ2n) is 4.01. The second kappa shape index (κ2) is 6.91. The number of aliphatic hydroxyl groups excluding tert-OH is 1. The van der Waals surface area contributed by atoms with Gasteiger partial charge in [-0.1, -0.05) is 0 Å². The molecule has 0 saturated heterocycles. The molecular formula is C12H17FN2O4. The van der Waals surface area contributed by atoms with Crippen LogP contribution in [-0.4, -0.2) is 42.5 Å². The van der Waals surface area contributed by atoms with Crippen LogP contribution >= 0.6 is 0 Å². The Morgan fingerprint density at radius 2 is 2.26 bits per heavy atom. The van der Waals surface area contributed by atoms with Crippen LogP contribution in [0.3, 0.4) is 0 Å². The summed E-state index contributed by atoms with van der Waals surface area (Å²) < 4.78 is 18.0. The molecule has 106 valence electrons. The van der Waals surface area contributed by atoms with Crippen molar-refractivity contribution in [1.82, 2.24) is 0 Å². The van der Waals surface area contributed by atoms with Crippen LogP contribution < -0.4 is 11.1 Å². The molecule has 0 aliphatic carbocycles. The summed E-state index contributed by atoms with van der Waals surface area (Å²) in [5, 5.41) is 21.3. The maximum atomic E-state index is 13.2. The van der Waals surface area contributed by atoms with E-state index in [2.05, 4.69) is 5.32 Å². The highest BCUT2D eigenvalue weighted by Gasteiger charge is 2.17. The van der Waals surface area contributed by atoms with Crippen molar-refractivity contribution in [3.05, 3.63) is 23.5 Å². The van der Waals surface area contributed by atoms with Gasteiger partial charge < -0.3 is 26.0 Å². The van der Waals surface area contributed by atoms with Gasteiger partial charge in [-0.3, -0.25) is 0 Å². The first-order valence-electron chi connectivity index (χ1n) is 5.69. The van der Waals surface area contributed by atoms with E-state index in [9.17, 15) is 14.3 Å². The maximum absolute atomic E-state index is 13.2. The van der Waals surface area contributed by atoms with Gasteiger partial charge in [0.05, 0.1) is 24.1 Å². The van der Waals surface area contributed by atoms with E-state index < -0.39 is 23.6 Å². The lowest BCUT2D eigenvalue weighted by molar-refractivity contribution is 0.0615. The number of hydrogen-bond acceptors (Lipinski definition) is 5. The molecule has 5 N–H and O–H groups in total. The van der Waals surface area contributed by atoms with Crippen molar-refractivity contribution in [3.63, 3.8) is 0 Å². The summed E-state index contributed by atoms with van der Waals surface area (Å²) in [4.78, 5) is 11.0. The molecule has 1 aromatic carbocycles. The third kappa shape index (κ3) is 4.08. The van der Waals surface area contributed by atoms with Crippen LogP contribution in [0.4, 0.5) is 15.8 Å². The van der Waals surface area contributed by atoms with Crippen molar-refractivity contribution in [2.75, 3.05) is 31.3 Å². The number of nitrogen functional groups attached to an aromatic ring is 1. The standard InChI is InChI=1S/C12H17FN2O4/c1-19-6-7(16)4-5-15-9-3-2-8(13)11(14)10(9)12(17)18/h2-3,7,15-16H,4-6,14H2,1H3,(H,17,18). The number of anilines is 2. The number of carboxylic acid groups (broad SMARTS) is 1. The SMILES string of the molecule is COCC(O)CCNc1ccc(F)c(N)c1C(=O)O. The van der Waals surface area contributed by atoms with Crippen molar-refractivity contribution < 1.29 is 24.1 Å². The Morgan fingerprint density at radius 3 is 2.84 bits per heavy atom. The van der Waals surface area contributed by atoms with Crippen LogP contribution in [0.1, 0.15) is 16.8 Å². The Kier molecular flexibility index (Phi) is 5.53. The van der Waals surface area contributed by atoms with E-state index in [1.807, 2.05) is 0 Å². The van der Waals surface area contributed by atoms with E-state index in [-0.39, 0.29) is 17.9 Å². The number of aliphatic hydroxyl groups is 1. The highest BCUT2D eigenvalue weighted by molar-refractivity contribution is 6.00. The summed E-state index contributed by atoms with van der Waals surface area (Å²) in [5.74, 6) is -2.08. The van der Waals surface area contributed by atoms with Gasteiger partial charge in [-0.15, -0.1) is 0 Å². The third-order valence-corrected chi connectivity index (χ3v) is 2.56. The number of nitrogens with two attached hydrogens (primary N) is 1. The van der Waals surface area contributed by atoms with Gasteiger partial charge in [-0.25, -0.2) is 9.18 Å². The zero-order valence-corrected chi connectivity index (χ0v) is 10.5. The number of rotatable bonds is 7. The number of halogens is 1. The first kappa shape index (κ1) is 15.2. The number of nitrogens with one attached hydrogen (secondary N) is 1. The Balaban J connectivity index is 2.73. The van der Waals surface area contributed by atoms with Crippen LogP contribution in [0.5, 0.6) is 0 Å². The van der Waals surface area contributed by atoms with Crippen LogP contribution in [0.25, 0.3) is 0 Å². The highest BCUT2D eigenvalue weighted by atomic mass is 19.1. The van der Waals surface area contributed by atoms with Crippen LogP contribution in [0.15, 0.2) is 12.1 Å². The van der Waals surface area contributed by atoms with Gasteiger partial charge in [0.15, 0.2) is 0 Å². The van der Waals surface area contributed by atoms with Crippen LogP contribution in [0.2, 0.25) is 0 Å². The van der Waals surface area contributed by atoms with E-state index in [0.29, 0.717) is 13.0 Å². The molecule has 0 aliphatic heterocycles. The molecule has 0 fully saturated rings. The van der Waals surface area contributed by atoms with E-state index in [0.717, 1.165) is 6.07 Å². The molecule has 0 aromatic heterocycles. The average molecular weight is 272 g/mol. The minimum atomic E-state index is -1.31. The summed E-state index contributed by atoms with van der Waals surface area (Å²) in [6.07, 6.45) is -0.284. The van der Waals surface area contributed by atoms with Gasteiger partial charge in [0.1, 0.15) is 11.4 Å². The average Bonchev–Trinajstić information content (AvgIpc) is 2.33. The molecule has 0 bridgehead atoms. The fourth-order valence-electron chi connectivity index (χ4n) is 1.62. The van der Waals surface area contributed by atoms with Gasteiger partial charge >= 0.3 is 5.97 Å².